The first kappa shape index (κ1) is 13.0. The Kier molecular flexibility index (Phi) is 3.36. The maximum atomic E-state index is 4.59. The van der Waals surface area contributed by atoms with Gasteiger partial charge in [-0.05, 0) is 39.0 Å². The van der Waals surface area contributed by atoms with Crippen LogP contribution in [0.5, 0.6) is 0 Å². The van der Waals surface area contributed by atoms with Crippen LogP contribution in [0.4, 0.5) is 5.13 Å². The second kappa shape index (κ2) is 5.17. The highest BCUT2D eigenvalue weighted by Crippen LogP contribution is 2.32. The van der Waals surface area contributed by atoms with E-state index in [2.05, 4.69) is 58.6 Å². The lowest BCUT2D eigenvalue weighted by Gasteiger charge is -2.06. The summed E-state index contributed by atoms with van der Waals surface area (Å²) in [5, 5.41) is 14.6. The third-order valence-corrected chi connectivity index (χ3v) is 3.99. The van der Waals surface area contributed by atoms with Crippen LogP contribution in [-0.4, -0.2) is 21.7 Å². The van der Waals surface area contributed by atoms with E-state index in [1.54, 1.807) is 11.3 Å². The Bertz CT molecular complexity index is 764. The van der Waals surface area contributed by atoms with E-state index in [1.165, 1.54) is 5.56 Å². The third kappa shape index (κ3) is 2.36. The van der Waals surface area contributed by atoms with E-state index in [4.69, 9.17) is 0 Å². The van der Waals surface area contributed by atoms with Crippen LogP contribution in [0.1, 0.15) is 18.2 Å². The van der Waals surface area contributed by atoms with Gasteiger partial charge in [0, 0.05) is 23.2 Å². The van der Waals surface area contributed by atoms with Crippen molar-refractivity contribution in [2.45, 2.75) is 20.8 Å². The molecule has 4 nitrogen and oxygen atoms in total. The summed E-state index contributed by atoms with van der Waals surface area (Å²) < 4.78 is 0. The number of benzene rings is 1. The summed E-state index contributed by atoms with van der Waals surface area (Å²) in [5.74, 6) is 0. The Morgan fingerprint density at radius 3 is 2.80 bits per heavy atom. The van der Waals surface area contributed by atoms with Crippen LogP contribution in [0.3, 0.4) is 0 Å². The molecule has 1 aromatic carbocycles. The minimum absolute atomic E-state index is 0.851. The fraction of sp³-hybridized carbons (Fsp3) is 0.267. The minimum Gasteiger partial charge on any atom is -0.360 e. The van der Waals surface area contributed by atoms with E-state index in [0.717, 1.165) is 38.8 Å². The van der Waals surface area contributed by atoms with E-state index in [0.29, 0.717) is 0 Å². The maximum Gasteiger partial charge on any atom is 0.205 e. The second-order valence-corrected chi connectivity index (χ2v) is 5.75. The normalized spacial score (nSPS) is 10.9. The van der Waals surface area contributed by atoms with Gasteiger partial charge in [-0.1, -0.05) is 23.0 Å². The molecule has 0 atom stereocenters. The van der Waals surface area contributed by atoms with Gasteiger partial charge in [0.05, 0.1) is 5.52 Å². The van der Waals surface area contributed by atoms with Crippen molar-refractivity contribution in [3.63, 3.8) is 0 Å². The number of nitrogens with one attached hydrogen (secondary N) is 1. The van der Waals surface area contributed by atoms with Crippen LogP contribution in [0, 0.1) is 13.8 Å². The molecule has 5 heteroatoms. The summed E-state index contributed by atoms with van der Waals surface area (Å²) >= 11 is 1.58. The summed E-state index contributed by atoms with van der Waals surface area (Å²) in [6, 6.07) is 8.39. The Hall–Kier alpha value is -2.01. The SMILES string of the molecule is CCNc1nnc(-c2cc(C)nc3ccc(C)cc23)s1. The van der Waals surface area contributed by atoms with Gasteiger partial charge in [0.15, 0.2) is 0 Å². The van der Waals surface area contributed by atoms with Crippen molar-refractivity contribution in [1.82, 2.24) is 15.2 Å². The van der Waals surface area contributed by atoms with Gasteiger partial charge in [-0.15, -0.1) is 10.2 Å². The zero-order valence-electron chi connectivity index (χ0n) is 11.8. The molecular formula is C15H16N4S. The number of hydrogen-bond acceptors (Lipinski definition) is 5. The highest BCUT2D eigenvalue weighted by atomic mass is 32.1. The molecule has 0 saturated heterocycles. The molecule has 0 saturated carbocycles. The summed E-state index contributed by atoms with van der Waals surface area (Å²) in [4.78, 5) is 4.59. The molecule has 0 unspecified atom stereocenters. The van der Waals surface area contributed by atoms with Crippen LogP contribution < -0.4 is 5.32 Å². The average Bonchev–Trinajstić information content (AvgIpc) is 2.87. The number of hydrogen-bond donors (Lipinski definition) is 1. The Morgan fingerprint density at radius 1 is 1.15 bits per heavy atom. The zero-order chi connectivity index (χ0) is 14.1. The first-order valence-electron chi connectivity index (χ1n) is 6.63. The molecule has 0 bridgehead atoms. The van der Waals surface area contributed by atoms with Crippen LogP contribution in [0.2, 0.25) is 0 Å². The van der Waals surface area contributed by atoms with Crippen LogP contribution in [0.15, 0.2) is 24.3 Å². The van der Waals surface area contributed by atoms with Gasteiger partial charge < -0.3 is 5.32 Å². The molecule has 0 aliphatic rings. The minimum atomic E-state index is 0.851. The molecule has 0 spiro atoms. The largest absolute Gasteiger partial charge is 0.360 e. The number of rotatable bonds is 3. The van der Waals surface area contributed by atoms with E-state index < -0.39 is 0 Å². The highest BCUT2D eigenvalue weighted by Gasteiger charge is 2.11. The predicted molar refractivity (Wildman–Crippen MR) is 84.3 cm³/mol. The molecular weight excluding hydrogens is 268 g/mol. The second-order valence-electron chi connectivity index (χ2n) is 4.77. The highest BCUT2D eigenvalue weighted by molar-refractivity contribution is 7.18. The van der Waals surface area contributed by atoms with Gasteiger partial charge in [0.2, 0.25) is 5.13 Å². The molecule has 0 amide bonds. The zero-order valence-corrected chi connectivity index (χ0v) is 12.6. The standard InChI is InChI=1S/C15H16N4S/c1-4-16-15-19-18-14(20-15)12-8-10(3)17-13-6-5-9(2)7-11(12)13/h5-8H,4H2,1-3H3,(H,16,19). The van der Waals surface area contributed by atoms with Gasteiger partial charge in [-0.2, -0.15) is 0 Å². The molecule has 1 N–H and O–H groups in total. The number of aryl methyl sites for hydroxylation is 2. The molecule has 0 fully saturated rings. The molecule has 0 aliphatic heterocycles. The Balaban J connectivity index is 2.20. The Labute approximate surface area is 121 Å². The fourth-order valence-corrected chi connectivity index (χ4v) is 3.05. The molecule has 20 heavy (non-hydrogen) atoms. The van der Waals surface area contributed by atoms with E-state index in [1.807, 2.05) is 6.92 Å². The van der Waals surface area contributed by atoms with Crippen molar-refractivity contribution in [1.29, 1.82) is 0 Å². The fourth-order valence-electron chi connectivity index (χ4n) is 2.20. The quantitative estimate of drug-likeness (QED) is 0.794. The first-order chi connectivity index (χ1) is 9.67. The molecule has 2 aromatic heterocycles. The number of aromatic nitrogens is 3. The van der Waals surface area contributed by atoms with Crippen molar-refractivity contribution < 1.29 is 0 Å². The summed E-state index contributed by atoms with van der Waals surface area (Å²) in [6.07, 6.45) is 0. The summed E-state index contributed by atoms with van der Waals surface area (Å²) in [6.45, 7) is 7.00. The van der Waals surface area contributed by atoms with Crippen molar-refractivity contribution in [3.05, 3.63) is 35.5 Å². The van der Waals surface area contributed by atoms with Gasteiger partial charge in [0.25, 0.3) is 0 Å². The molecule has 3 aromatic rings. The lowest BCUT2D eigenvalue weighted by Crippen LogP contribution is -1.94. The van der Waals surface area contributed by atoms with Gasteiger partial charge in [0.1, 0.15) is 5.01 Å². The number of fused-ring (bicyclic) bond motifs is 1. The molecule has 0 aliphatic carbocycles. The van der Waals surface area contributed by atoms with Crippen LogP contribution in [0.25, 0.3) is 21.5 Å². The predicted octanol–water partition coefficient (Wildman–Crippen LogP) is 3.80. The van der Waals surface area contributed by atoms with Crippen molar-refractivity contribution >= 4 is 27.4 Å². The van der Waals surface area contributed by atoms with Crippen molar-refractivity contribution in [2.24, 2.45) is 0 Å². The molecule has 2 heterocycles. The topological polar surface area (TPSA) is 50.7 Å². The summed E-state index contributed by atoms with van der Waals surface area (Å²) in [5.41, 5.74) is 4.33. The lowest BCUT2D eigenvalue weighted by molar-refractivity contribution is 1.07. The van der Waals surface area contributed by atoms with Crippen molar-refractivity contribution in [2.75, 3.05) is 11.9 Å². The Morgan fingerprint density at radius 2 is 2.00 bits per heavy atom. The van der Waals surface area contributed by atoms with Crippen LogP contribution in [-0.2, 0) is 0 Å². The molecule has 102 valence electrons. The number of nitrogens with zero attached hydrogens (tertiary/aromatic N) is 3. The lowest BCUT2D eigenvalue weighted by atomic mass is 10.1. The summed E-state index contributed by atoms with van der Waals surface area (Å²) in [7, 11) is 0. The number of anilines is 1. The van der Waals surface area contributed by atoms with Gasteiger partial charge in [-0.3, -0.25) is 4.98 Å². The monoisotopic (exact) mass is 284 g/mol. The third-order valence-electron chi connectivity index (χ3n) is 3.08. The first-order valence-corrected chi connectivity index (χ1v) is 7.45. The van der Waals surface area contributed by atoms with E-state index >= 15 is 0 Å². The van der Waals surface area contributed by atoms with Gasteiger partial charge in [-0.25, -0.2) is 0 Å². The molecule has 0 radical (unpaired) electrons. The molecule has 3 rings (SSSR count). The van der Waals surface area contributed by atoms with E-state index in [-0.39, 0.29) is 0 Å². The van der Waals surface area contributed by atoms with Crippen molar-refractivity contribution in [3.8, 4) is 10.6 Å². The average molecular weight is 284 g/mol. The van der Waals surface area contributed by atoms with E-state index in [9.17, 15) is 0 Å². The maximum absolute atomic E-state index is 4.59. The van der Waals surface area contributed by atoms with Crippen LogP contribution >= 0.6 is 11.3 Å². The van der Waals surface area contributed by atoms with Gasteiger partial charge >= 0.3 is 0 Å². The number of pyridine rings is 1. The smallest absolute Gasteiger partial charge is 0.205 e.